The van der Waals surface area contributed by atoms with E-state index in [1.807, 2.05) is 32.2 Å². The van der Waals surface area contributed by atoms with Crippen molar-refractivity contribution in [1.29, 1.82) is 0 Å². The maximum atomic E-state index is 13.1. The number of ether oxygens (including phenoxy) is 2. The third-order valence-corrected chi connectivity index (χ3v) is 7.34. The largest absolute Gasteiger partial charge is 0.374 e. The van der Waals surface area contributed by atoms with Crippen molar-refractivity contribution >= 4 is 26.6 Å². The fourth-order valence-corrected chi connectivity index (χ4v) is 5.08. The van der Waals surface area contributed by atoms with Crippen LogP contribution < -0.4 is 5.32 Å². The van der Waals surface area contributed by atoms with Crippen molar-refractivity contribution < 1.29 is 22.7 Å². The molecule has 2 aliphatic rings. The standard InChI is InChI=1S/C24H24N2O5S/c1-24(2)20-10-25-21-7-4-14(9-18(21)19(20)12-31-24)23(27)26-22-13-30-11-15-8-16(32(3,28)29)5-6-17(15)22/h4-10,22H,11-13H2,1-3H3,(H,26,27)/t22-/m1/s1. The zero-order chi connectivity index (χ0) is 22.7. The van der Waals surface area contributed by atoms with Gasteiger partial charge in [0.2, 0.25) is 0 Å². The molecule has 0 unspecified atom stereocenters. The van der Waals surface area contributed by atoms with Gasteiger partial charge in [-0.15, -0.1) is 0 Å². The molecule has 166 valence electrons. The molecule has 0 spiro atoms. The number of benzene rings is 2. The first kappa shape index (κ1) is 21.1. The number of carbonyl (C=O) groups is 1. The lowest BCUT2D eigenvalue weighted by molar-refractivity contribution is -0.00784. The number of nitrogens with one attached hydrogen (secondary N) is 1. The summed E-state index contributed by atoms with van der Waals surface area (Å²) in [6.45, 7) is 5.15. The predicted octanol–water partition coefficient (Wildman–Crippen LogP) is 3.40. The van der Waals surface area contributed by atoms with Gasteiger partial charge in [-0.3, -0.25) is 9.78 Å². The molecule has 0 saturated heterocycles. The molecule has 1 atom stereocenters. The molecule has 1 amide bonds. The van der Waals surface area contributed by atoms with E-state index in [0.717, 1.165) is 33.2 Å². The first-order chi connectivity index (χ1) is 15.1. The molecule has 8 heteroatoms. The average molecular weight is 453 g/mol. The molecule has 1 aromatic heterocycles. The molecule has 3 aromatic rings. The van der Waals surface area contributed by atoms with Crippen molar-refractivity contribution in [2.75, 3.05) is 12.9 Å². The summed E-state index contributed by atoms with van der Waals surface area (Å²) >= 11 is 0. The average Bonchev–Trinajstić information content (AvgIpc) is 3.07. The number of pyridine rings is 1. The van der Waals surface area contributed by atoms with E-state index in [1.54, 1.807) is 24.3 Å². The summed E-state index contributed by atoms with van der Waals surface area (Å²) in [7, 11) is -3.31. The van der Waals surface area contributed by atoms with Crippen molar-refractivity contribution in [3.05, 3.63) is 70.4 Å². The van der Waals surface area contributed by atoms with Crippen LogP contribution in [0.3, 0.4) is 0 Å². The highest BCUT2D eigenvalue weighted by Gasteiger charge is 2.32. The lowest BCUT2D eigenvalue weighted by Crippen LogP contribution is -2.34. The second kappa shape index (κ2) is 7.37. The van der Waals surface area contributed by atoms with E-state index in [-0.39, 0.29) is 16.8 Å². The maximum Gasteiger partial charge on any atom is 0.251 e. The summed E-state index contributed by atoms with van der Waals surface area (Å²) in [5.74, 6) is -0.226. The Labute approximate surface area is 186 Å². The molecule has 2 aromatic carbocycles. The minimum Gasteiger partial charge on any atom is -0.374 e. The van der Waals surface area contributed by atoms with Gasteiger partial charge in [0, 0.05) is 29.0 Å². The molecule has 0 saturated carbocycles. The second-order valence-electron chi connectivity index (χ2n) is 8.86. The quantitative estimate of drug-likeness (QED) is 0.655. The molecular weight excluding hydrogens is 428 g/mol. The smallest absolute Gasteiger partial charge is 0.251 e. The van der Waals surface area contributed by atoms with E-state index < -0.39 is 15.4 Å². The highest BCUT2D eigenvalue weighted by Crippen LogP contribution is 2.38. The minimum absolute atomic E-state index is 0.226. The summed E-state index contributed by atoms with van der Waals surface area (Å²) < 4.78 is 35.3. The number of amides is 1. The fourth-order valence-electron chi connectivity index (χ4n) is 4.41. The van der Waals surface area contributed by atoms with E-state index in [0.29, 0.717) is 25.4 Å². The number of rotatable bonds is 3. The number of sulfone groups is 1. The van der Waals surface area contributed by atoms with Crippen LogP contribution in [-0.2, 0) is 38.1 Å². The lowest BCUT2D eigenvalue weighted by atomic mass is 9.94. The molecule has 7 nitrogen and oxygen atoms in total. The van der Waals surface area contributed by atoms with Gasteiger partial charge in [0.15, 0.2) is 9.84 Å². The zero-order valence-electron chi connectivity index (χ0n) is 18.1. The first-order valence-electron chi connectivity index (χ1n) is 10.4. The van der Waals surface area contributed by atoms with E-state index in [1.165, 1.54) is 6.26 Å². The van der Waals surface area contributed by atoms with E-state index in [9.17, 15) is 13.2 Å². The SMILES string of the molecule is CC1(C)OCc2c1cnc1ccc(C(=O)N[C@@H]3COCc4cc(S(C)(=O)=O)ccc43)cc21. The summed E-state index contributed by atoms with van der Waals surface area (Å²) in [6.07, 6.45) is 3.03. The number of fused-ring (bicyclic) bond motifs is 4. The topological polar surface area (TPSA) is 94.6 Å². The zero-order valence-corrected chi connectivity index (χ0v) is 19.0. The van der Waals surface area contributed by atoms with Crippen molar-refractivity contribution in [3.8, 4) is 0 Å². The maximum absolute atomic E-state index is 13.1. The monoisotopic (exact) mass is 452 g/mol. The minimum atomic E-state index is -3.31. The number of carbonyl (C=O) groups excluding carboxylic acids is 1. The van der Waals surface area contributed by atoms with Gasteiger partial charge in [0.05, 0.1) is 41.9 Å². The Balaban J connectivity index is 1.45. The van der Waals surface area contributed by atoms with Crippen LogP contribution in [0, 0.1) is 0 Å². The van der Waals surface area contributed by atoms with Crippen LogP contribution in [-0.4, -0.2) is 32.2 Å². The second-order valence-corrected chi connectivity index (χ2v) is 10.9. The van der Waals surface area contributed by atoms with Crippen LogP contribution >= 0.6 is 0 Å². The lowest BCUT2D eigenvalue weighted by Gasteiger charge is -2.27. The molecule has 0 aliphatic carbocycles. The van der Waals surface area contributed by atoms with Gasteiger partial charge in [-0.25, -0.2) is 8.42 Å². The molecular formula is C24H24N2O5S. The van der Waals surface area contributed by atoms with Crippen LogP contribution in [0.25, 0.3) is 10.9 Å². The van der Waals surface area contributed by atoms with Gasteiger partial charge >= 0.3 is 0 Å². The Morgan fingerprint density at radius 1 is 1.16 bits per heavy atom. The van der Waals surface area contributed by atoms with Gasteiger partial charge in [0.1, 0.15) is 0 Å². The van der Waals surface area contributed by atoms with Crippen LogP contribution in [0.4, 0.5) is 0 Å². The molecule has 0 bridgehead atoms. The van der Waals surface area contributed by atoms with Crippen molar-refractivity contribution in [3.63, 3.8) is 0 Å². The van der Waals surface area contributed by atoms with E-state index in [4.69, 9.17) is 9.47 Å². The van der Waals surface area contributed by atoms with Gasteiger partial charge in [0.25, 0.3) is 5.91 Å². The third kappa shape index (κ3) is 3.58. The van der Waals surface area contributed by atoms with Crippen molar-refractivity contribution in [1.82, 2.24) is 10.3 Å². The highest BCUT2D eigenvalue weighted by atomic mass is 32.2. The molecule has 32 heavy (non-hydrogen) atoms. The van der Waals surface area contributed by atoms with E-state index in [2.05, 4.69) is 10.3 Å². The summed E-state index contributed by atoms with van der Waals surface area (Å²) in [5.41, 5.74) is 4.69. The summed E-state index contributed by atoms with van der Waals surface area (Å²) in [5, 5.41) is 3.95. The number of nitrogens with zero attached hydrogens (tertiary/aromatic N) is 1. The number of hydrogen-bond acceptors (Lipinski definition) is 6. The van der Waals surface area contributed by atoms with Crippen molar-refractivity contribution in [2.45, 2.75) is 43.6 Å². The first-order valence-corrected chi connectivity index (χ1v) is 12.3. The fraction of sp³-hybridized carbons (Fsp3) is 0.333. The highest BCUT2D eigenvalue weighted by molar-refractivity contribution is 7.90. The van der Waals surface area contributed by atoms with Gasteiger partial charge < -0.3 is 14.8 Å². The molecule has 5 rings (SSSR count). The molecule has 2 aliphatic heterocycles. The van der Waals surface area contributed by atoms with Gasteiger partial charge in [-0.05, 0) is 60.9 Å². The third-order valence-electron chi connectivity index (χ3n) is 6.23. The molecule has 0 radical (unpaired) electrons. The van der Waals surface area contributed by atoms with Gasteiger partial charge in [-0.2, -0.15) is 0 Å². The van der Waals surface area contributed by atoms with Crippen molar-refractivity contribution in [2.24, 2.45) is 0 Å². The Kier molecular flexibility index (Phi) is 4.85. The molecule has 0 fully saturated rings. The Bertz CT molecular complexity index is 1360. The molecule has 3 heterocycles. The molecule has 1 N–H and O–H groups in total. The van der Waals surface area contributed by atoms with Gasteiger partial charge in [-0.1, -0.05) is 6.07 Å². The van der Waals surface area contributed by atoms with Crippen LogP contribution in [0.5, 0.6) is 0 Å². The summed E-state index contributed by atoms with van der Waals surface area (Å²) in [6, 6.07) is 10.1. The Hall–Kier alpha value is -2.81. The number of aromatic nitrogens is 1. The predicted molar refractivity (Wildman–Crippen MR) is 119 cm³/mol. The summed E-state index contributed by atoms with van der Waals surface area (Å²) in [4.78, 5) is 17.9. The van der Waals surface area contributed by atoms with Crippen LogP contribution in [0.15, 0.2) is 47.5 Å². The van der Waals surface area contributed by atoms with E-state index >= 15 is 0 Å². The Morgan fingerprint density at radius 3 is 2.75 bits per heavy atom. The van der Waals surface area contributed by atoms with Crippen LogP contribution in [0.2, 0.25) is 0 Å². The van der Waals surface area contributed by atoms with Crippen LogP contribution in [0.1, 0.15) is 52.5 Å². The Morgan fingerprint density at radius 2 is 1.97 bits per heavy atom. The normalized spacial score (nSPS) is 19.4. The number of hydrogen-bond donors (Lipinski definition) is 1.